The summed E-state index contributed by atoms with van der Waals surface area (Å²) in [7, 11) is -1.03. The number of carbonyl (C=O) groups is 2. The van der Waals surface area contributed by atoms with Gasteiger partial charge in [-0.25, -0.2) is 4.79 Å². The van der Waals surface area contributed by atoms with Crippen molar-refractivity contribution in [3.63, 3.8) is 0 Å². The maximum atomic E-state index is 12.1. The zero-order valence-electron chi connectivity index (χ0n) is 11.5. The molecule has 1 aromatic rings. The highest BCUT2D eigenvalue weighted by atomic mass is 32.2. The third kappa shape index (κ3) is 3.78. The van der Waals surface area contributed by atoms with E-state index in [0.717, 1.165) is 5.56 Å². The van der Waals surface area contributed by atoms with Crippen LogP contribution in [0, 0.1) is 0 Å². The van der Waals surface area contributed by atoms with Gasteiger partial charge in [0.05, 0.1) is 6.61 Å². The molecule has 1 aliphatic heterocycles. The first-order chi connectivity index (χ1) is 10.0. The highest BCUT2D eigenvalue weighted by Gasteiger charge is 2.28. The Balaban J connectivity index is 2.09. The third-order valence-corrected chi connectivity index (χ3v) is 3.93. The van der Waals surface area contributed by atoms with E-state index < -0.39 is 25.0 Å². The number of hydrogen-bond donors (Lipinski definition) is 3. The fourth-order valence-corrected chi connectivity index (χ4v) is 2.56. The molecular formula is C13H16BNO5S. The number of fused-ring (bicyclic) bond motifs is 1. The van der Waals surface area contributed by atoms with E-state index in [2.05, 4.69) is 5.32 Å². The van der Waals surface area contributed by atoms with Crippen molar-refractivity contribution in [2.24, 2.45) is 0 Å². The molecule has 2 rings (SSSR count). The number of thioether (sulfide) groups is 1. The van der Waals surface area contributed by atoms with Gasteiger partial charge in [-0.1, -0.05) is 6.07 Å². The van der Waals surface area contributed by atoms with E-state index in [4.69, 9.17) is 9.76 Å². The number of carbonyl (C=O) groups excluding carboxylic acids is 1. The number of amides is 1. The van der Waals surface area contributed by atoms with E-state index in [1.54, 1.807) is 12.1 Å². The van der Waals surface area contributed by atoms with E-state index in [1.807, 2.05) is 6.26 Å². The first kappa shape index (κ1) is 15.9. The van der Waals surface area contributed by atoms with E-state index in [1.165, 1.54) is 17.8 Å². The van der Waals surface area contributed by atoms with Crippen LogP contribution in [0.4, 0.5) is 0 Å². The summed E-state index contributed by atoms with van der Waals surface area (Å²) in [5.41, 5.74) is 1.70. The Morgan fingerprint density at radius 3 is 2.95 bits per heavy atom. The molecule has 112 valence electrons. The Hall–Kier alpha value is -1.51. The van der Waals surface area contributed by atoms with Crippen molar-refractivity contribution in [1.29, 1.82) is 0 Å². The molecule has 0 bridgehead atoms. The van der Waals surface area contributed by atoms with Gasteiger partial charge in [-0.05, 0) is 41.6 Å². The van der Waals surface area contributed by atoms with Crippen LogP contribution in [0.15, 0.2) is 18.2 Å². The molecular weight excluding hydrogens is 293 g/mol. The second-order valence-corrected chi connectivity index (χ2v) is 5.71. The fraction of sp³-hybridized carbons (Fsp3) is 0.385. The van der Waals surface area contributed by atoms with Gasteiger partial charge < -0.3 is 20.1 Å². The Labute approximate surface area is 127 Å². The van der Waals surface area contributed by atoms with E-state index in [-0.39, 0.29) is 0 Å². The molecule has 1 aliphatic rings. The van der Waals surface area contributed by atoms with Crippen molar-refractivity contribution in [3.8, 4) is 0 Å². The van der Waals surface area contributed by atoms with E-state index in [9.17, 15) is 14.6 Å². The number of hydrogen-bond acceptors (Lipinski definition) is 5. The lowest BCUT2D eigenvalue weighted by Gasteiger charge is -2.14. The number of nitrogens with one attached hydrogen (secondary N) is 1. The lowest BCUT2D eigenvalue weighted by molar-refractivity contribution is -0.139. The minimum absolute atomic E-state index is 0.309. The fourth-order valence-electron chi connectivity index (χ4n) is 2.09. The van der Waals surface area contributed by atoms with Crippen LogP contribution >= 0.6 is 11.8 Å². The van der Waals surface area contributed by atoms with Gasteiger partial charge in [0.15, 0.2) is 0 Å². The van der Waals surface area contributed by atoms with Crippen LogP contribution in [0.25, 0.3) is 0 Å². The normalized spacial score (nSPS) is 14.7. The molecule has 8 heteroatoms. The van der Waals surface area contributed by atoms with Crippen LogP contribution in [0.3, 0.4) is 0 Å². The summed E-state index contributed by atoms with van der Waals surface area (Å²) in [5, 5.41) is 21.2. The maximum Gasteiger partial charge on any atom is 0.491 e. The molecule has 6 nitrogen and oxygen atoms in total. The first-order valence-corrected chi connectivity index (χ1v) is 7.87. The number of carboxylic acids is 1. The molecule has 0 saturated carbocycles. The molecule has 3 N–H and O–H groups in total. The zero-order valence-corrected chi connectivity index (χ0v) is 12.4. The average Bonchev–Trinajstić information content (AvgIpc) is 2.84. The molecule has 1 amide bonds. The molecule has 1 atom stereocenters. The smallest absolute Gasteiger partial charge is 0.480 e. The number of rotatable bonds is 6. The molecule has 0 aromatic heterocycles. The molecule has 0 saturated heterocycles. The summed E-state index contributed by atoms with van der Waals surface area (Å²) >= 11 is 1.52. The van der Waals surface area contributed by atoms with Gasteiger partial charge in [-0.15, -0.1) is 0 Å². The predicted octanol–water partition coefficient (Wildman–Crippen LogP) is -0.160. The molecule has 1 heterocycles. The van der Waals surface area contributed by atoms with Gasteiger partial charge in [-0.3, -0.25) is 4.79 Å². The highest BCUT2D eigenvalue weighted by molar-refractivity contribution is 7.98. The summed E-state index contributed by atoms with van der Waals surface area (Å²) in [6, 6.07) is 3.93. The number of carboxylic acid groups (broad SMARTS) is 1. The summed E-state index contributed by atoms with van der Waals surface area (Å²) in [4.78, 5) is 23.3. The van der Waals surface area contributed by atoms with Gasteiger partial charge >= 0.3 is 13.1 Å². The monoisotopic (exact) mass is 309 g/mol. The Kier molecular flexibility index (Phi) is 5.27. The zero-order chi connectivity index (χ0) is 15.4. The van der Waals surface area contributed by atoms with Crippen molar-refractivity contribution >= 4 is 36.2 Å². The van der Waals surface area contributed by atoms with Crippen molar-refractivity contribution in [2.75, 3.05) is 12.0 Å². The average molecular weight is 309 g/mol. The minimum Gasteiger partial charge on any atom is -0.480 e. The summed E-state index contributed by atoms with van der Waals surface area (Å²) < 4.78 is 5.06. The molecule has 0 fully saturated rings. The number of aliphatic carboxylic acids is 1. The van der Waals surface area contributed by atoms with Crippen LogP contribution in [0.5, 0.6) is 0 Å². The lowest BCUT2D eigenvalue weighted by Crippen LogP contribution is -2.41. The Bertz CT molecular complexity index is 553. The summed E-state index contributed by atoms with van der Waals surface area (Å²) in [6.45, 7) is 0.309. The van der Waals surface area contributed by atoms with Gasteiger partial charge in [-0.2, -0.15) is 11.8 Å². The van der Waals surface area contributed by atoms with Crippen molar-refractivity contribution < 1.29 is 24.4 Å². The molecule has 0 aliphatic carbocycles. The maximum absolute atomic E-state index is 12.1. The van der Waals surface area contributed by atoms with Gasteiger partial charge in [0.2, 0.25) is 0 Å². The summed E-state index contributed by atoms with van der Waals surface area (Å²) in [5.74, 6) is -0.874. The topological polar surface area (TPSA) is 95.9 Å². The van der Waals surface area contributed by atoms with Crippen molar-refractivity contribution in [1.82, 2.24) is 5.32 Å². The first-order valence-electron chi connectivity index (χ1n) is 6.48. The largest absolute Gasteiger partial charge is 0.491 e. The molecule has 21 heavy (non-hydrogen) atoms. The second kappa shape index (κ2) is 6.97. The standard InChI is InChI=1S/C13H16BNO5S/c1-21-5-4-11(13(17)18)15-12(16)8-2-3-9-7-20-14(19)10(9)6-8/h2-3,6,11,19H,4-5,7H2,1H3,(H,15,16)(H,17,18). The number of benzene rings is 1. The molecule has 1 unspecified atom stereocenters. The van der Waals surface area contributed by atoms with Crippen LogP contribution in [-0.4, -0.2) is 47.2 Å². The van der Waals surface area contributed by atoms with Crippen LogP contribution in [0.1, 0.15) is 22.3 Å². The summed E-state index contributed by atoms with van der Waals surface area (Å²) in [6.07, 6.45) is 2.24. The second-order valence-electron chi connectivity index (χ2n) is 4.72. The van der Waals surface area contributed by atoms with Gasteiger partial charge in [0.1, 0.15) is 6.04 Å². The van der Waals surface area contributed by atoms with Crippen LogP contribution in [0.2, 0.25) is 0 Å². The Morgan fingerprint density at radius 2 is 2.29 bits per heavy atom. The molecule has 0 spiro atoms. The predicted molar refractivity (Wildman–Crippen MR) is 80.7 cm³/mol. The highest BCUT2D eigenvalue weighted by Crippen LogP contribution is 2.12. The van der Waals surface area contributed by atoms with Crippen molar-refractivity contribution in [3.05, 3.63) is 29.3 Å². The van der Waals surface area contributed by atoms with Gasteiger partial charge in [0.25, 0.3) is 5.91 Å². The lowest BCUT2D eigenvalue weighted by atomic mass is 9.79. The quantitative estimate of drug-likeness (QED) is 0.632. The van der Waals surface area contributed by atoms with Crippen molar-refractivity contribution in [2.45, 2.75) is 19.1 Å². The Morgan fingerprint density at radius 1 is 1.52 bits per heavy atom. The van der Waals surface area contributed by atoms with Crippen LogP contribution < -0.4 is 10.8 Å². The molecule has 0 radical (unpaired) electrons. The minimum atomic E-state index is -1.05. The van der Waals surface area contributed by atoms with E-state index >= 15 is 0 Å². The van der Waals surface area contributed by atoms with Gasteiger partial charge in [0, 0.05) is 5.56 Å². The third-order valence-electron chi connectivity index (χ3n) is 3.28. The molecule has 1 aromatic carbocycles. The van der Waals surface area contributed by atoms with Crippen LogP contribution in [-0.2, 0) is 16.1 Å². The SMILES string of the molecule is CSCCC(NC(=O)c1ccc2c(c1)B(O)OC2)C(=O)O. The van der Waals surface area contributed by atoms with E-state index in [0.29, 0.717) is 29.8 Å².